The fraction of sp³-hybridized carbons (Fsp3) is 0.500. The van der Waals surface area contributed by atoms with Crippen LogP contribution in [0.2, 0.25) is 0 Å². The van der Waals surface area contributed by atoms with Gasteiger partial charge in [0.2, 0.25) is 6.79 Å². The summed E-state index contributed by atoms with van der Waals surface area (Å²) in [5.41, 5.74) is 1.32. The highest BCUT2D eigenvalue weighted by atomic mass is 16.7. The van der Waals surface area contributed by atoms with Gasteiger partial charge in [0.1, 0.15) is 12.4 Å². The van der Waals surface area contributed by atoms with Crippen LogP contribution in [0.25, 0.3) is 0 Å². The van der Waals surface area contributed by atoms with Gasteiger partial charge < -0.3 is 18.9 Å². The molecule has 0 N–H and O–H groups in total. The second-order valence-corrected chi connectivity index (χ2v) is 4.68. The summed E-state index contributed by atoms with van der Waals surface area (Å²) in [6.07, 6.45) is 4.21. The highest BCUT2D eigenvalue weighted by Gasteiger charge is 2.13. The average Bonchev–Trinajstić information content (AvgIpc) is 2.91. The normalized spacial score (nSPS) is 13.6. The second-order valence-electron chi connectivity index (χ2n) is 4.68. The van der Waals surface area contributed by atoms with Crippen LogP contribution in [0.15, 0.2) is 29.8 Å². The maximum Gasteiger partial charge on any atom is 0.231 e. The summed E-state index contributed by atoms with van der Waals surface area (Å²) in [7, 11) is 0. The molecular weight excluding hydrogens is 256 g/mol. The average molecular weight is 278 g/mol. The van der Waals surface area contributed by atoms with Gasteiger partial charge in [-0.05, 0) is 44.9 Å². The highest BCUT2D eigenvalue weighted by molar-refractivity contribution is 5.46. The number of hydrogen-bond donors (Lipinski definition) is 0. The zero-order chi connectivity index (χ0) is 14.2. The van der Waals surface area contributed by atoms with Crippen molar-refractivity contribution in [2.45, 2.75) is 26.7 Å². The van der Waals surface area contributed by atoms with E-state index in [1.807, 2.05) is 25.1 Å². The fourth-order valence-electron chi connectivity index (χ4n) is 1.95. The predicted molar refractivity (Wildman–Crippen MR) is 77.5 cm³/mol. The number of benzene rings is 1. The van der Waals surface area contributed by atoms with E-state index in [-0.39, 0.29) is 6.79 Å². The molecule has 0 amide bonds. The molecule has 0 bridgehead atoms. The van der Waals surface area contributed by atoms with Crippen LogP contribution in [0.1, 0.15) is 26.7 Å². The molecule has 0 fully saturated rings. The van der Waals surface area contributed by atoms with E-state index in [0.717, 1.165) is 43.3 Å². The quantitative estimate of drug-likeness (QED) is 0.538. The minimum Gasteiger partial charge on any atom is -0.489 e. The Kier molecular flexibility index (Phi) is 5.74. The topological polar surface area (TPSA) is 36.9 Å². The maximum atomic E-state index is 5.69. The number of fused-ring (bicyclic) bond motifs is 1. The fourth-order valence-corrected chi connectivity index (χ4v) is 1.95. The van der Waals surface area contributed by atoms with E-state index in [2.05, 4.69) is 13.0 Å². The first kappa shape index (κ1) is 14.7. The van der Waals surface area contributed by atoms with Gasteiger partial charge in [0.25, 0.3) is 0 Å². The summed E-state index contributed by atoms with van der Waals surface area (Å²) < 4.78 is 21.6. The molecule has 4 nitrogen and oxygen atoms in total. The lowest BCUT2D eigenvalue weighted by Gasteiger charge is -2.06. The van der Waals surface area contributed by atoms with Crippen LogP contribution in [0.5, 0.6) is 17.2 Å². The van der Waals surface area contributed by atoms with Crippen molar-refractivity contribution >= 4 is 0 Å². The number of hydrogen-bond acceptors (Lipinski definition) is 4. The largest absolute Gasteiger partial charge is 0.489 e. The molecule has 1 aromatic rings. The zero-order valence-electron chi connectivity index (χ0n) is 12.2. The van der Waals surface area contributed by atoms with Gasteiger partial charge in [-0.25, -0.2) is 0 Å². The first-order valence-corrected chi connectivity index (χ1v) is 7.05. The summed E-state index contributed by atoms with van der Waals surface area (Å²) in [6.45, 7) is 6.61. The van der Waals surface area contributed by atoms with Gasteiger partial charge in [0, 0.05) is 19.3 Å². The van der Waals surface area contributed by atoms with Gasteiger partial charge >= 0.3 is 0 Å². The van der Waals surface area contributed by atoms with Crippen molar-refractivity contribution in [1.29, 1.82) is 0 Å². The molecule has 1 aromatic carbocycles. The Hall–Kier alpha value is -1.68. The van der Waals surface area contributed by atoms with Crippen molar-refractivity contribution in [3.8, 4) is 17.2 Å². The molecule has 110 valence electrons. The minimum atomic E-state index is 0.289. The SMILES string of the molecule is CCOCCCC(C)=CCOc1ccc2c(c1)OCO2. The van der Waals surface area contributed by atoms with Crippen molar-refractivity contribution in [1.82, 2.24) is 0 Å². The van der Waals surface area contributed by atoms with E-state index in [1.165, 1.54) is 5.57 Å². The summed E-state index contributed by atoms with van der Waals surface area (Å²) in [5, 5.41) is 0. The van der Waals surface area contributed by atoms with Gasteiger partial charge in [0.15, 0.2) is 11.5 Å². The molecule has 4 heteroatoms. The standard InChI is InChI=1S/C16H22O4/c1-3-17-9-4-5-13(2)8-10-18-14-6-7-15-16(11-14)20-12-19-15/h6-8,11H,3-5,9-10,12H2,1-2H3. The first-order chi connectivity index (χ1) is 9.79. The van der Waals surface area contributed by atoms with Crippen LogP contribution in [-0.4, -0.2) is 26.6 Å². The molecule has 0 aliphatic carbocycles. The van der Waals surface area contributed by atoms with Crippen LogP contribution in [0.3, 0.4) is 0 Å². The number of ether oxygens (including phenoxy) is 4. The molecule has 0 saturated carbocycles. The summed E-state index contributed by atoms with van der Waals surface area (Å²) in [6, 6.07) is 5.63. The number of rotatable bonds is 8. The van der Waals surface area contributed by atoms with Gasteiger partial charge in [-0.15, -0.1) is 0 Å². The van der Waals surface area contributed by atoms with Crippen LogP contribution in [0.4, 0.5) is 0 Å². The Bertz CT molecular complexity index is 454. The highest BCUT2D eigenvalue weighted by Crippen LogP contribution is 2.35. The molecular formula is C16H22O4. The van der Waals surface area contributed by atoms with E-state index in [1.54, 1.807) is 0 Å². The Morgan fingerprint density at radius 3 is 3.00 bits per heavy atom. The molecule has 1 heterocycles. The smallest absolute Gasteiger partial charge is 0.231 e. The lowest BCUT2D eigenvalue weighted by atomic mass is 10.1. The lowest BCUT2D eigenvalue weighted by molar-refractivity contribution is 0.145. The van der Waals surface area contributed by atoms with Gasteiger partial charge in [-0.3, -0.25) is 0 Å². The summed E-state index contributed by atoms with van der Waals surface area (Å²) >= 11 is 0. The Balaban J connectivity index is 1.72. The van der Waals surface area contributed by atoms with Crippen molar-refractivity contribution in [3.05, 3.63) is 29.8 Å². The second kappa shape index (κ2) is 7.80. The predicted octanol–water partition coefficient (Wildman–Crippen LogP) is 3.56. The Morgan fingerprint density at radius 2 is 2.15 bits per heavy atom. The van der Waals surface area contributed by atoms with Crippen molar-refractivity contribution in [2.24, 2.45) is 0 Å². The van der Waals surface area contributed by atoms with Crippen LogP contribution in [-0.2, 0) is 4.74 Å². The van der Waals surface area contributed by atoms with Gasteiger partial charge in [-0.1, -0.05) is 5.57 Å². The van der Waals surface area contributed by atoms with Gasteiger partial charge in [0.05, 0.1) is 0 Å². The molecule has 0 spiro atoms. The molecule has 0 radical (unpaired) electrons. The molecule has 1 aliphatic heterocycles. The summed E-state index contributed by atoms with van der Waals surface area (Å²) in [5.74, 6) is 2.33. The van der Waals surface area contributed by atoms with E-state index in [9.17, 15) is 0 Å². The van der Waals surface area contributed by atoms with Crippen molar-refractivity contribution in [2.75, 3.05) is 26.6 Å². The monoisotopic (exact) mass is 278 g/mol. The maximum absolute atomic E-state index is 5.69. The molecule has 0 unspecified atom stereocenters. The molecule has 0 aromatic heterocycles. The molecule has 2 rings (SSSR count). The first-order valence-electron chi connectivity index (χ1n) is 7.05. The van der Waals surface area contributed by atoms with E-state index in [0.29, 0.717) is 6.61 Å². The molecule has 0 atom stereocenters. The van der Waals surface area contributed by atoms with Crippen LogP contribution < -0.4 is 14.2 Å². The Morgan fingerprint density at radius 1 is 1.30 bits per heavy atom. The lowest BCUT2D eigenvalue weighted by Crippen LogP contribution is -1.97. The summed E-state index contributed by atoms with van der Waals surface area (Å²) in [4.78, 5) is 0. The van der Waals surface area contributed by atoms with Crippen molar-refractivity contribution in [3.63, 3.8) is 0 Å². The zero-order valence-corrected chi connectivity index (χ0v) is 12.2. The minimum absolute atomic E-state index is 0.289. The Labute approximate surface area is 120 Å². The molecule has 0 saturated heterocycles. The van der Waals surface area contributed by atoms with E-state index >= 15 is 0 Å². The third-order valence-electron chi connectivity index (χ3n) is 3.09. The molecule has 20 heavy (non-hydrogen) atoms. The van der Waals surface area contributed by atoms with Crippen LogP contribution >= 0.6 is 0 Å². The number of allylic oxidation sites excluding steroid dienone is 1. The van der Waals surface area contributed by atoms with Crippen LogP contribution in [0, 0.1) is 0 Å². The third-order valence-corrected chi connectivity index (χ3v) is 3.09. The van der Waals surface area contributed by atoms with E-state index < -0.39 is 0 Å². The third kappa shape index (κ3) is 4.46. The van der Waals surface area contributed by atoms with Gasteiger partial charge in [-0.2, -0.15) is 0 Å². The molecule has 1 aliphatic rings. The van der Waals surface area contributed by atoms with E-state index in [4.69, 9.17) is 18.9 Å². The van der Waals surface area contributed by atoms with Crippen molar-refractivity contribution < 1.29 is 18.9 Å².